The predicted octanol–water partition coefficient (Wildman–Crippen LogP) is 6.14. The average Bonchev–Trinajstić information content (AvgIpc) is 3.18. The van der Waals surface area contributed by atoms with Crippen molar-refractivity contribution in [1.29, 1.82) is 0 Å². The van der Waals surface area contributed by atoms with Crippen LogP contribution >= 0.6 is 11.3 Å². The fourth-order valence-electron chi connectivity index (χ4n) is 3.04. The van der Waals surface area contributed by atoms with Crippen LogP contribution in [-0.2, 0) is 0 Å². The molecule has 0 saturated heterocycles. The highest BCUT2D eigenvalue weighted by atomic mass is 32.1. The van der Waals surface area contributed by atoms with Gasteiger partial charge in [0.15, 0.2) is 0 Å². The second-order valence-corrected chi connectivity index (χ2v) is 8.11. The van der Waals surface area contributed by atoms with E-state index in [4.69, 9.17) is 20.4 Å². The summed E-state index contributed by atoms with van der Waals surface area (Å²) in [6.07, 6.45) is 0. The van der Waals surface area contributed by atoms with E-state index in [1.807, 2.05) is 48.5 Å². The highest BCUT2D eigenvalue weighted by molar-refractivity contribution is 7.19. The molecule has 150 valence electrons. The molecule has 4 aromatic rings. The van der Waals surface area contributed by atoms with Crippen LogP contribution in [0.3, 0.4) is 0 Å². The average molecular weight is 414 g/mol. The van der Waals surface area contributed by atoms with E-state index in [2.05, 4.69) is 38.1 Å². The molecule has 2 N–H and O–H groups in total. The molecule has 5 heteroatoms. The van der Waals surface area contributed by atoms with Gasteiger partial charge in [-0.05, 0) is 38.1 Å². The number of hydrogen-bond acceptors (Lipinski definition) is 4. The van der Waals surface area contributed by atoms with E-state index in [0.717, 1.165) is 38.1 Å². The SMILES string of the molecule is COc1ccc(-c2nc(-c3ccc(C)cc3)c(/N=C(\N)c3ccc(C)cc3)s2)cc1. The molecule has 1 heterocycles. The summed E-state index contributed by atoms with van der Waals surface area (Å²) < 4.78 is 5.27. The molecule has 30 heavy (non-hydrogen) atoms. The first-order chi connectivity index (χ1) is 14.5. The minimum Gasteiger partial charge on any atom is -0.497 e. The first-order valence-corrected chi connectivity index (χ1v) is 10.5. The normalized spacial score (nSPS) is 11.5. The number of thiazole rings is 1. The molecule has 3 aromatic carbocycles. The van der Waals surface area contributed by atoms with Gasteiger partial charge in [0, 0.05) is 16.7 Å². The van der Waals surface area contributed by atoms with E-state index in [1.54, 1.807) is 7.11 Å². The smallest absolute Gasteiger partial charge is 0.146 e. The van der Waals surface area contributed by atoms with Crippen LogP contribution in [0.4, 0.5) is 5.00 Å². The van der Waals surface area contributed by atoms with E-state index in [1.165, 1.54) is 22.5 Å². The van der Waals surface area contributed by atoms with Crippen molar-refractivity contribution >= 4 is 22.2 Å². The molecule has 1 aromatic heterocycles. The Balaban J connectivity index is 1.80. The van der Waals surface area contributed by atoms with Crippen molar-refractivity contribution in [2.75, 3.05) is 7.11 Å². The van der Waals surface area contributed by atoms with Gasteiger partial charge in [0.1, 0.15) is 27.3 Å². The third kappa shape index (κ3) is 4.26. The maximum absolute atomic E-state index is 6.35. The molecular formula is C25H23N3OS. The molecular weight excluding hydrogens is 390 g/mol. The number of amidine groups is 1. The van der Waals surface area contributed by atoms with Crippen LogP contribution in [-0.4, -0.2) is 17.9 Å². The molecule has 0 aliphatic carbocycles. The molecule has 0 spiro atoms. The van der Waals surface area contributed by atoms with E-state index < -0.39 is 0 Å². The largest absolute Gasteiger partial charge is 0.497 e. The monoisotopic (exact) mass is 413 g/mol. The van der Waals surface area contributed by atoms with Crippen LogP contribution in [0.25, 0.3) is 21.8 Å². The first-order valence-electron chi connectivity index (χ1n) is 9.67. The number of aryl methyl sites for hydroxylation is 2. The molecule has 0 fully saturated rings. The second kappa shape index (κ2) is 8.51. The Labute approximate surface area is 180 Å². The Morgan fingerprint density at radius 3 is 2.00 bits per heavy atom. The molecule has 0 atom stereocenters. The molecule has 0 bridgehead atoms. The Bertz CT molecular complexity index is 1170. The Morgan fingerprint density at radius 1 is 0.833 bits per heavy atom. The fourth-order valence-corrected chi connectivity index (χ4v) is 4.02. The summed E-state index contributed by atoms with van der Waals surface area (Å²) >= 11 is 1.53. The molecule has 0 saturated carbocycles. The van der Waals surface area contributed by atoms with Crippen LogP contribution in [0.1, 0.15) is 16.7 Å². The number of nitrogens with zero attached hydrogens (tertiary/aromatic N) is 2. The number of methoxy groups -OCH3 is 1. The van der Waals surface area contributed by atoms with Gasteiger partial charge < -0.3 is 10.5 Å². The minimum atomic E-state index is 0.480. The zero-order valence-corrected chi connectivity index (χ0v) is 18.0. The highest BCUT2D eigenvalue weighted by Crippen LogP contribution is 2.40. The molecule has 4 nitrogen and oxygen atoms in total. The number of hydrogen-bond donors (Lipinski definition) is 1. The van der Waals surface area contributed by atoms with Gasteiger partial charge in [0.05, 0.1) is 7.11 Å². The van der Waals surface area contributed by atoms with Gasteiger partial charge in [0.2, 0.25) is 0 Å². The summed E-state index contributed by atoms with van der Waals surface area (Å²) in [5.74, 6) is 1.30. The van der Waals surface area contributed by atoms with Crippen LogP contribution in [0, 0.1) is 13.8 Å². The third-order valence-corrected chi connectivity index (χ3v) is 5.84. The van der Waals surface area contributed by atoms with E-state index in [9.17, 15) is 0 Å². The topological polar surface area (TPSA) is 60.5 Å². The number of aromatic nitrogens is 1. The Kier molecular flexibility index (Phi) is 5.63. The lowest BCUT2D eigenvalue weighted by atomic mass is 10.1. The molecule has 4 rings (SSSR count). The van der Waals surface area contributed by atoms with E-state index in [0.29, 0.717) is 5.84 Å². The number of benzene rings is 3. The van der Waals surface area contributed by atoms with Gasteiger partial charge in [-0.25, -0.2) is 9.98 Å². The number of rotatable bonds is 5. The van der Waals surface area contributed by atoms with Gasteiger partial charge in [-0.1, -0.05) is 71.0 Å². The van der Waals surface area contributed by atoms with Gasteiger partial charge in [-0.2, -0.15) is 0 Å². The van der Waals surface area contributed by atoms with Crippen molar-refractivity contribution in [3.05, 3.63) is 89.5 Å². The van der Waals surface area contributed by atoms with Gasteiger partial charge >= 0.3 is 0 Å². The van der Waals surface area contributed by atoms with Crippen LogP contribution < -0.4 is 10.5 Å². The van der Waals surface area contributed by atoms with Crippen LogP contribution in [0.2, 0.25) is 0 Å². The quantitative estimate of drug-likeness (QED) is 0.316. The van der Waals surface area contributed by atoms with E-state index in [-0.39, 0.29) is 0 Å². The van der Waals surface area contributed by atoms with Crippen molar-refractivity contribution in [2.45, 2.75) is 13.8 Å². The first kappa shape index (κ1) is 19.9. The van der Waals surface area contributed by atoms with Crippen LogP contribution in [0.15, 0.2) is 77.8 Å². The molecule has 0 aliphatic rings. The van der Waals surface area contributed by atoms with Crippen molar-refractivity contribution in [1.82, 2.24) is 4.98 Å². The zero-order valence-electron chi connectivity index (χ0n) is 17.2. The fraction of sp³-hybridized carbons (Fsp3) is 0.120. The lowest BCUT2D eigenvalue weighted by molar-refractivity contribution is 0.415. The lowest BCUT2D eigenvalue weighted by Gasteiger charge is -2.03. The minimum absolute atomic E-state index is 0.480. The lowest BCUT2D eigenvalue weighted by Crippen LogP contribution is -2.12. The van der Waals surface area contributed by atoms with Gasteiger partial charge in [0.25, 0.3) is 0 Å². The van der Waals surface area contributed by atoms with Crippen molar-refractivity contribution in [3.8, 4) is 27.6 Å². The van der Waals surface area contributed by atoms with E-state index >= 15 is 0 Å². The summed E-state index contributed by atoms with van der Waals surface area (Å²) in [6, 6.07) is 24.3. The number of ether oxygens (including phenoxy) is 1. The van der Waals surface area contributed by atoms with Crippen molar-refractivity contribution < 1.29 is 4.74 Å². The number of nitrogens with two attached hydrogens (primary N) is 1. The summed E-state index contributed by atoms with van der Waals surface area (Å²) in [5, 5.41) is 1.69. The molecule has 0 unspecified atom stereocenters. The number of aliphatic imine (C=N–C) groups is 1. The standard InChI is InChI=1S/C25H23N3OS/c1-16-4-8-18(9-5-16)22-25(28-23(26)19-10-6-17(2)7-11-19)30-24(27-22)20-12-14-21(29-3)15-13-20/h4-15H,1-3H3,(H2,26,28). The maximum atomic E-state index is 6.35. The third-order valence-electron chi connectivity index (χ3n) is 4.84. The summed E-state index contributed by atoms with van der Waals surface area (Å²) in [6.45, 7) is 4.12. The van der Waals surface area contributed by atoms with Crippen molar-refractivity contribution in [3.63, 3.8) is 0 Å². The van der Waals surface area contributed by atoms with Crippen LogP contribution in [0.5, 0.6) is 5.75 Å². The molecule has 0 aliphatic heterocycles. The second-order valence-electron chi connectivity index (χ2n) is 7.13. The summed E-state index contributed by atoms with van der Waals surface area (Å²) in [7, 11) is 1.66. The predicted molar refractivity (Wildman–Crippen MR) is 126 cm³/mol. The molecule has 0 amide bonds. The Morgan fingerprint density at radius 2 is 1.40 bits per heavy atom. The Hall–Kier alpha value is -3.44. The zero-order chi connectivity index (χ0) is 21.1. The van der Waals surface area contributed by atoms with Gasteiger partial charge in [-0.3, -0.25) is 0 Å². The highest BCUT2D eigenvalue weighted by Gasteiger charge is 2.15. The molecule has 0 radical (unpaired) electrons. The summed E-state index contributed by atoms with van der Waals surface area (Å²) in [4.78, 5) is 9.68. The van der Waals surface area contributed by atoms with Gasteiger partial charge in [-0.15, -0.1) is 0 Å². The van der Waals surface area contributed by atoms with Crippen molar-refractivity contribution in [2.24, 2.45) is 10.7 Å². The maximum Gasteiger partial charge on any atom is 0.146 e. The summed E-state index contributed by atoms with van der Waals surface area (Å²) in [5.41, 5.74) is 12.5.